The zero-order valence-electron chi connectivity index (χ0n) is 17.1. The van der Waals surface area contributed by atoms with Crippen molar-refractivity contribution in [3.63, 3.8) is 0 Å². The number of carbonyl (C=O) groups excluding carboxylic acids is 1. The highest BCUT2D eigenvalue weighted by atomic mass is 32.2. The third-order valence-electron chi connectivity index (χ3n) is 4.42. The summed E-state index contributed by atoms with van der Waals surface area (Å²) in [5, 5.41) is 11.7. The SMILES string of the molecule is CNS(=O)(=O)c1cc(NC(=O)CSc2nnc(C)n2-c2cccc(C)c2)ccc1C. The fourth-order valence-electron chi connectivity index (χ4n) is 2.91. The molecule has 0 unspecified atom stereocenters. The number of aryl methyl sites for hydroxylation is 3. The van der Waals surface area contributed by atoms with Gasteiger partial charge in [0.1, 0.15) is 5.82 Å². The third kappa shape index (κ3) is 4.89. The average Bonchev–Trinajstić information content (AvgIpc) is 3.08. The number of nitrogens with zero attached hydrogens (tertiary/aromatic N) is 3. The molecule has 0 aliphatic rings. The number of aromatic nitrogens is 3. The second-order valence-electron chi connectivity index (χ2n) is 6.73. The van der Waals surface area contributed by atoms with Crippen LogP contribution in [0.3, 0.4) is 0 Å². The third-order valence-corrected chi connectivity index (χ3v) is 6.90. The summed E-state index contributed by atoms with van der Waals surface area (Å²) in [5.41, 5.74) is 3.05. The van der Waals surface area contributed by atoms with Gasteiger partial charge in [0.25, 0.3) is 0 Å². The maximum absolute atomic E-state index is 12.5. The zero-order chi connectivity index (χ0) is 21.9. The van der Waals surface area contributed by atoms with E-state index in [9.17, 15) is 13.2 Å². The fraction of sp³-hybridized carbons (Fsp3) is 0.250. The lowest BCUT2D eigenvalue weighted by Gasteiger charge is -2.11. The highest BCUT2D eigenvalue weighted by Gasteiger charge is 2.17. The molecule has 0 spiro atoms. The van der Waals surface area contributed by atoms with E-state index in [1.807, 2.05) is 42.7 Å². The quantitative estimate of drug-likeness (QED) is 0.542. The number of hydrogen-bond acceptors (Lipinski definition) is 6. The van der Waals surface area contributed by atoms with Gasteiger partial charge in [0.15, 0.2) is 5.16 Å². The van der Waals surface area contributed by atoms with Gasteiger partial charge in [-0.1, -0.05) is 30.0 Å². The number of thioether (sulfide) groups is 1. The topological polar surface area (TPSA) is 106 Å². The number of amides is 1. The van der Waals surface area contributed by atoms with Crippen LogP contribution in [0.1, 0.15) is 17.0 Å². The monoisotopic (exact) mass is 445 g/mol. The first-order valence-corrected chi connectivity index (χ1v) is 11.6. The molecule has 2 aromatic carbocycles. The molecule has 0 bridgehead atoms. The van der Waals surface area contributed by atoms with Crippen LogP contribution in [-0.4, -0.2) is 41.9 Å². The molecule has 0 saturated heterocycles. The van der Waals surface area contributed by atoms with Gasteiger partial charge in [0.2, 0.25) is 15.9 Å². The van der Waals surface area contributed by atoms with Crippen LogP contribution < -0.4 is 10.0 Å². The van der Waals surface area contributed by atoms with Crippen molar-refractivity contribution < 1.29 is 13.2 Å². The summed E-state index contributed by atoms with van der Waals surface area (Å²) in [7, 11) is -2.26. The molecule has 3 aromatic rings. The normalized spacial score (nSPS) is 11.5. The van der Waals surface area contributed by atoms with Gasteiger partial charge in [0.05, 0.1) is 10.6 Å². The molecule has 1 aromatic heterocycles. The zero-order valence-corrected chi connectivity index (χ0v) is 18.8. The Balaban J connectivity index is 1.73. The molecule has 1 amide bonds. The van der Waals surface area contributed by atoms with Crippen molar-refractivity contribution in [3.8, 4) is 5.69 Å². The summed E-state index contributed by atoms with van der Waals surface area (Å²) in [6.07, 6.45) is 0. The van der Waals surface area contributed by atoms with Gasteiger partial charge >= 0.3 is 0 Å². The summed E-state index contributed by atoms with van der Waals surface area (Å²) < 4.78 is 28.4. The van der Waals surface area contributed by atoms with Crippen LogP contribution in [0, 0.1) is 20.8 Å². The molecule has 0 fully saturated rings. The Kier molecular flexibility index (Phi) is 6.59. The Hall–Kier alpha value is -2.69. The van der Waals surface area contributed by atoms with Crippen molar-refractivity contribution in [2.75, 3.05) is 18.1 Å². The number of rotatable bonds is 7. The largest absolute Gasteiger partial charge is 0.325 e. The lowest BCUT2D eigenvalue weighted by molar-refractivity contribution is -0.113. The molecule has 0 radical (unpaired) electrons. The Bertz CT molecular complexity index is 1190. The summed E-state index contributed by atoms with van der Waals surface area (Å²) in [6.45, 7) is 5.56. The molecule has 30 heavy (non-hydrogen) atoms. The predicted octanol–water partition coefficient (Wildman–Crippen LogP) is 2.83. The van der Waals surface area contributed by atoms with Crippen molar-refractivity contribution in [3.05, 3.63) is 59.4 Å². The number of hydrogen-bond donors (Lipinski definition) is 2. The van der Waals surface area contributed by atoms with Crippen molar-refractivity contribution in [1.29, 1.82) is 0 Å². The minimum Gasteiger partial charge on any atom is -0.325 e. The van der Waals surface area contributed by atoms with Gasteiger partial charge in [-0.15, -0.1) is 10.2 Å². The Morgan fingerprint density at radius 2 is 1.87 bits per heavy atom. The number of benzene rings is 2. The maximum atomic E-state index is 12.5. The van der Waals surface area contributed by atoms with E-state index in [1.165, 1.54) is 24.9 Å². The van der Waals surface area contributed by atoms with Crippen molar-refractivity contribution in [1.82, 2.24) is 19.5 Å². The highest BCUT2D eigenvalue weighted by Crippen LogP contribution is 2.24. The van der Waals surface area contributed by atoms with Gasteiger partial charge in [-0.25, -0.2) is 13.1 Å². The van der Waals surface area contributed by atoms with Crippen LogP contribution in [0.2, 0.25) is 0 Å². The lowest BCUT2D eigenvalue weighted by atomic mass is 10.2. The van der Waals surface area contributed by atoms with Crippen LogP contribution in [-0.2, 0) is 14.8 Å². The fourth-order valence-corrected chi connectivity index (χ4v) is 4.70. The van der Waals surface area contributed by atoms with Crippen LogP contribution in [0.5, 0.6) is 0 Å². The molecule has 2 N–H and O–H groups in total. The van der Waals surface area contributed by atoms with Crippen LogP contribution in [0.15, 0.2) is 52.5 Å². The van der Waals surface area contributed by atoms with Crippen LogP contribution >= 0.6 is 11.8 Å². The van der Waals surface area contributed by atoms with Crippen LogP contribution in [0.25, 0.3) is 5.69 Å². The van der Waals surface area contributed by atoms with Gasteiger partial charge in [-0.2, -0.15) is 0 Å². The first kappa shape index (κ1) is 22.0. The van der Waals surface area contributed by atoms with Gasteiger partial charge in [-0.3, -0.25) is 9.36 Å². The highest BCUT2D eigenvalue weighted by molar-refractivity contribution is 7.99. The molecule has 0 aliphatic heterocycles. The molecule has 158 valence electrons. The Morgan fingerprint density at radius 1 is 1.10 bits per heavy atom. The van der Waals surface area contributed by atoms with Gasteiger partial charge in [0, 0.05) is 11.4 Å². The van der Waals surface area contributed by atoms with E-state index >= 15 is 0 Å². The first-order valence-electron chi connectivity index (χ1n) is 9.17. The molecule has 0 aliphatic carbocycles. The summed E-state index contributed by atoms with van der Waals surface area (Å²) in [4.78, 5) is 12.6. The minimum atomic E-state index is -3.61. The maximum Gasteiger partial charge on any atom is 0.240 e. The molecule has 8 nitrogen and oxygen atoms in total. The predicted molar refractivity (Wildman–Crippen MR) is 118 cm³/mol. The van der Waals surface area contributed by atoms with E-state index in [0.717, 1.165) is 17.1 Å². The number of anilines is 1. The van der Waals surface area contributed by atoms with Crippen molar-refractivity contribution >= 4 is 33.4 Å². The van der Waals surface area contributed by atoms with Crippen LogP contribution in [0.4, 0.5) is 5.69 Å². The minimum absolute atomic E-state index is 0.103. The summed E-state index contributed by atoms with van der Waals surface area (Å²) in [5.74, 6) is 0.559. The first-order chi connectivity index (χ1) is 14.2. The van der Waals surface area contributed by atoms with E-state index in [1.54, 1.807) is 19.1 Å². The standard InChI is InChI=1S/C20H23N5O3S2/c1-13-6-5-7-17(10-13)25-15(3)23-24-20(25)29-12-19(26)22-16-9-8-14(2)18(11-16)30(27,28)21-4/h5-11,21H,12H2,1-4H3,(H,22,26). The average molecular weight is 446 g/mol. The smallest absolute Gasteiger partial charge is 0.240 e. The van der Waals surface area contributed by atoms with E-state index in [-0.39, 0.29) is 16.6 Å². The van der Waals surface area contributed by atoms with E-state index in [0.29, 0.717) is 16.4 Å². The second kappa shape index (κ2) is 8.99. The molecular formula is C20H23N5O3S2. The lowest BCUT2D eigenvalue weighted by Crippen LogP contribution is -2.20. The Labute approximate surface area is 180 Å². The molecular weight excluding hydrogens is 422 g/mol. The summed E-state index contributed by atoms with van der Waals surface area (Å²) >= 11 is 1.26. The van der Waals surface area contributed by atoms with E-state index in [4.69, 9.17) is 0 Å². The molecule has 0 saturated carbocycles. The Morgan fingerprint density at radius 3 is 2.57 bits per heavy atom. The molecule has 0 atom stereocenters. The van der Waals surface area contributed by atoms with E-state index < -0.39 is 10.0 Å². The number of sulfonamides is 1. The van der Waals surface area contributed by atoms with Gasteiger partial charge in [-0.05, 0) is 63.2 Å². The molecule has 10 heteroatoms. The van der Waals surface area contributed by atoms with Gasteiger partial charge < -0.3 is 5.32 Å². The summed E-state index contributed by atoms with van der Waals surface area (Å²) in [6, 6.07) is 12.7. The second-order valence-corrected chi connectivity index (χ2v) is 9.53. The van der Waals surface area contributed by atoms with Crippen molar-refractivity contribution in [2.24, 2.45) is 0 Å². The number of carbonyl (C=O) groups is 1. The van der Waals surface area contributed by atoms with E-state index in [2.05, 4.69) is 20.2 Å². The molecule has 1 heterocycles. The van der Waals surface area contributed by atoms with Crippen molar-refractivity contribution in [2.45, 2.75) is 30.8 Å². The molecule has 3 rings (SSSR count). The number of nitrogens with one attached hydrogen (secondary N) is 2.